The second-order valence-corrected chi connectivity index (χ2v) is 4.89. The van der Waals surface area contributed by atoms with Crippen LogP contribution in [0.25, 0.3) is 0 Å². The summed E-state index contributed by atoms with van der Waals surface area (Å²) in [5, 5.41) is 0. The predicted molar refractivity (Wildman–Crippen MR) is 81.3 cm³/mol. The van der Waals surface area contributed by atoms with Gasteiger partial charge < -0.3 is 15.2 Å². The third-order valence-corrected chi connectivity index (χ3v) is 2.99. The van der Waals surface area contributed by atoms with Gasteiger partial charge in [0.25, 0.3) is 0 Å². The molecular formula is C17H20FNO2. The highest BCUT2D eigenvalue weighted by molar-refractivity contribution is 5.41. The standard InChI is InChI=1S/C17H20FNO2/c1-3-10-20-14-5-7-15(8-6-14)21-17-9-4-13(18)11-16(17)12(2)19/h4-9,11-12H,3,10,19H2,1-2H3. The van der Waals surface area contributed by atoms with Gasteiger partial charge in [0, 0.05) is 11.6 Å². The quantitative estimate of drug-likeness (QED) is 0.855. The van der Waals surface area contributed by atoms with E-state index < -0.39 is 0 Å². The second kappa shape index (κ2) is 7.09. The second-order valence-electron chi connectivity index (χ2n) is 4.89. The van der Waals surface area contributed by atoms with Crippen molar-refractivity contribution in [3.05, 3.63) is 53.8 Å². The molecule has 0 aromatic heterocycles. The van der Waals surface area contributed by atoms with Gasteiger partial charge in [-0.3, -0.25) is 0 Å². The lowest BCUT2D eigenvalue weighted by atomic mass is 10.1. The Balaban J connectivity index is 2.14. The van der Waals surface area contributed by atoms with Crippen molar-refractivity contribution >= 4 is 0 Å². The van der Waals surface area contributed by atoms with Gasteiger partial charge in [-0.1, -0.05) is 6.92 Å². The third kappa shape index (κ3) is 4.20. The van der Waals surface area contributed by atoms with Gasteiger partial charge in [0.05, 0.1) is 6.61 Å². The van der Waals surface area contributed by atoms with Crippen LogP contribution >= 0.6 is 0 Å². The first-order chi connectivity index (χ1) is 10.1. The fourth-order valence-electron chi connectivity index (χ4n) is 1.92. The van der Waals surface area contributed by atoms with Crippen LogP contribution in [0.1, 0.15) is 31.9 Å². The van der Waals surface area contributed by atoms with E-state index in [9.17, 15) is 4.39 Å². The molecule has 0 heterocycles. The lowest BCUT2D eigenvalue weighted by molar-refractivity contribution is 0.317. The molecule has 0 fully saturated rings. The maximum Gasteiger partial charge on any atom is 0.132 e. The number of nitrogens with two attached hydrogens (primary N) is 1. The highest BCUT2D eigenvalue weighted by Gasteiger charge is 2.10. The Labute approximate surface area is 124 Å². The van der Waals surface area contributed by atoms with Crippen molar-refractivity contribution in [2.24, 2.45) is 5.73 Å². The van der Waals surface area contributed by atoms with Crippen LogP contribution < -0.4 is 15.2 Å². The van der Waals surface area contributed by atoms with Gasteiger partial charge in [0.15, 0.2) is 0 Å². The zero-order valence-electron chi connectivity index (χ0n) is 12.3. The maximum atomic E-state index is 13.3. The minimum atomic E-state index is -0.321. The molecule has 0 aliphatic carbocycles. The van der Waals surface area contributed by atoms with Crippen LogP contribution in [-0.2, 0) is 0 Å². The molecule has 0 aliphatic heterocycles. The zero-order chi connectivity index (χ0) is 15.2. The number of ether oxygens (including phenoxy) is 2. The fourth-order valence-corrected chi connectivity index (χ4v) is 1.92. The largest absolute Gasteiger partial charge is 0.494 e. The molecule has 0 aliphatic rings. The molecule has 2 aromatic rings. The number of rotatable bonds is 6. The van der Waals surface area contributed by atoms with E-state index in [1.54, 1.807) is 13.0 Å². The van der Waals surface area contributed by atoms with E-state index in [4.69, 9.17) is 15.2 Å². The van der Waals surface area contributed by atoms with Gasteiger partial charge in [-0.05, 0) is 55.8 Å². The topological polar surface area (TPSA) is 44.5 Å². The highest BCUT2D eigenvalue weighted by atomic mass is 19.1. The van der Waals surface area contributed by atoms with Crippen LogP contribution in [0.15, 0.2) is 42.5 Å². The molecule has 0 bridgehead atoms. The van der Waals surface area contributed by atoms with E-state index >= 15 is 0 Å². The van der Waals surface area contributed by atoms with Gasteiger partial charge in [-0.2, -0.15) is 0 Å². The first-order valence-corrected chi connectivity index (χ1v) is 7.06. The first-order valence-electron chi connectivity index (χ1n) is 7.06. The summed E-state index contributed by atoms with van der Waals surface area (Å²) >= 11 is 0. The SMILES string of the molecule is CCCOc1ccc(Oc2ccc(F)cc2C(C)N)cc1. The molecular weight excluding hydrogens is 269 g/mol. The summed E-state index contributed by atoms with van der Waals surface area (Å²) < 4.78 is 24.6. The number of benzene rings is 2. The molecule has 0 saturated heterocycles. The molecule has 112 valence electrons. The average molecular weight is 289 g/mol. The van der Waals surface area contributed by atoms with E-state index in [2.05, 4.69) is 6.92 Å². The number of hydrogen-bond acceptors (Lipinski definition) is 3. The molecule has 0 radical (unpaired) electrons. The fraction of sp³-hybridized carbons (Fsp3) is 0.294. The molecule has 0 saturated carbocycles. The Morgan fingerprint density at radius 1 is 1.10 bits per heavy atom. The Morgan fingerprint density at radius 3 is 2.38 bits per heavy atom. The Kier molecular flexibility index (Phi) is 5.17. The minimum Gasteiger partial charge on any atom is -0.494 e. The summed E-state index contributed by atoms with van der Waals surface area (Å²) in [6, 6.07) is 11.4. The molecule has 1 unspecified atom stereocenters. The molecule has 21 heavy (non-hydrogen) atoms. The van der Waals surface area contributed by atoms with Crippen molar-refractivity contribution in [3.8, 4) is 17.2 Å². The van der Waals surface area contributed by atoms with Crippen molar-refractivity contribution in [3.63, 3.8) is 0 Å². The lowest BCUT2D eigenvalue weighted by Gasteiger charge is -2.14. The molecule has 2 rings (SSSR count). The van der Waals surface area contributed by atoms with Gasteiger partial charge >= 0.3 is 0 Å². The van der Waals surface area contributed by atoms with Crippen LogP contribution in [0.5, 0.6) is 17.2 Å². The Morgan fingerprint density at radius 2 is 1.76 bits per heavy atom. The zero-order valence-corrected chi connectivity index (χ0v) is 12.3. The summed E-state index contributed by atoms with van der Waals surface area (Å²) in [7, 11) is 0. The van der Waals surface area contributed by atoms with Crippen molar-refractivity contribution in [1.82, 2.24) is 0 Å². The third-order valence-electron chi connectivity index (χ3n) is 2.99. The summed E-state index contributed by atoms with van der Waals surface area (Å²) in [6.07, 6.45) is 0.964. The summed E-state index contributed by atoms with van der Waals surface area (Å²) in [4.78, 5) is 0. The van der Waals surface area contributed by atoms with Crippen LogP contribution in [0.3, 0.4) is 0 Å². The summed E-state index contributed by atoms with van der Waals surface area (Å²) in [5.74, 6) is 1.70. The summed E-state index contributed by atoms with van der Waals surface area (Å²) in [5.41, 5.74) is 6.49. The molecule has 1 atom stereocenters. The summed E-state index contributed by atoms with van der Waals surface area (Å²) in [6.45, 7) is 4.54. The van der Waals surface area contributed by atoms with Crippen molar-refractivity contribution < 1.29 is 13.9 Å². The van der Waals surface area contributed by atoms with Crippen LogP contribution in [0.2, 0.25) is 0 Å². The van der Waals surface area contributed by atoms with Crippen molar-refractivity contribution in [2.75, 3.05) is 6.61 Å². The van der Waals surface area contributed by atoms with Crippen LogP contribution in [0.4, 0.5) is 4.39 Å². The molecule has 0 spiro atoms. The van der Waals surface area contributed by atoms with Gasteiger partial charge in [-0.15, -0.1) is 0 Å². The van der Waals surface area contributed by atoms with Crippen LogP contribution in [-0.4, -0.2) is 6.61 Å². The monoisotopic (exact) mass is 289 g/mol. The minimum absolute atomic E-state index is 0.303. The van der Waals surface area contributed by atoms with E-state index in [0.717, 1.165) is 12.2 Å². The normalized spacial score (nSPS) is 12.0. The first kappa shape index (κ1) is 15.3. The van der Waals surface area contributed by atoms with E-state index in [-0.39, 0.29) is 11.9 Å². The predicted octanol–water partition coefficient (Wildman–Crippen LogP) is 4.43. The van der Waals surface area contributed by atoms with Crippen LogP contribution in [0, 0.1) is 5.82 Å². The number of hydrogen-bond donors (Lipinski definition) is 1. The smallest absolute Gasteiger partial charge is 0.132 e. The van der Waals surface area contributed by atoms with Gasteiger partial charge in [0.2, 0.25) is 0 Å². The van der Waals surface area contributed by atoms with Crippen molar-refractivity contribution in [1.29, 1.82) is 0 Å². The average Bonchev–Trinajstić information content (AvgIpc) is 2.48. The van der Waals surface area contributed by atoms with Gasteiger partial charge in [0.1, 0.15) is 23.1 Å². The molecule has 0 amide bonds. The molecule has 2 aromatic carbocycles. The van der Waals surface area contributed by atoms with Crippen molar-refractivity contribution in [2.45, 2.75) is 26.3 Å². The Bertz CT molecular complexity index is 582. The molecule has 4 heteroatoms. The molecule has 3 nitrogen and oxygen atoms in total. The highest BCUT2D eigenvalue weighted by Crippen LogP contribution is 2.30. The number of halogens is 1. The molecule has 2 N–H and O–H groups in total. The van der Waals surface area contributed by atoms with E-state index in [1.165, 1.54) is 12.1 Å². The van der Waals surface area contributed by atoms with E-state index in [1.807, 2.05) is 24.3 Å². The maximum absolute atomic E-state index is 13.3. The van der Waals surface area contributed by atoms with E-state index in [0.29, 0.717) is 23.7 Å². The Hall–Kier alpha value is -2.07. The van der Waals surface area contributed by atoms with Gasteiger partial charge in [-0.25, -0.2) is 4.39 Å². The lowest BCUT2D eigenvalue weighted by Crippen LogP contribution is -2.07.